The molecule has 0 bridgehead atoms. The Balaban J connectivity index is 0. The number of carbonyl (C=O) groups excluding carboxylic acids is 1. The lowest BCUT2D eigenvalue weighted by Crippen LogP contribution is -3.00. The number of ether oxygens (including phenoxy) is 1. The molecule has 0 saturated heterocycles. The largest absolute Gasteiger partial charge is 1.00 e. The van der Waals surface area contributed by atoms with Crippen LogP contribution in [-0.4, -0.2) is 23.6 Å². The number of nitrogens with one attached hydrogen (secondary N) is 1. The first-order valence-electron chi connectivity index (χ1n) is 4.09. The molecule has 0 aromatic carbocycles. The molecule has 0 rings (SSSR count). The molecule has 0 aliphatic heterocycles. The van der Waals surface area contributed by atoms with Crippen molar-refractivity contribution < 1.29 is 27.3 Å². The highest BCUT2D eigenvalue weighted by atomic mass is 35.5. The quantitative estimate of drug-likeness (QED) is 0.330. The van der Waals surface area contributed by atoms with Crippen molar-refractivity contribution in [2.45, 2.75) is 39.3 Å². The summed E-state index contributed by atoms with van der Waals surface area (Å²) in [5.41, 5.74) is 4.77. The fourth-order valence-corrected chi connectivity index (χ4v) is 0.568. The molecule has 1 unspecified atom stereocenters. The molecule has 84 valence electrons. The standard InChI is InChI=1S/C8H17N3O2.ClH/c1-5(6(9)10)11-7(12)13-8(2,3)4;/h5H,1-4H3,(H3,9,10)(H,11,12);1H. The summed E-state index contributed by atoms with van der Waals surface area (Å²) in [6.07, 6.45) is -0.520. The Kier molecular flexibility index (Phi) is 6.31. The van der Waals surface area contributed by atoms with E-state index < -0.39 is 11.7 Å². The highest BCUT2D eigenvalue weighted by Gasteiger charge is 2.19. The van der Waals surface area contributed by atoms with E-state index in [9.17, 15) is 4.79 Å². The minimum Gasteiger partial charge on any atom is -1.00 e. The monoisotopic (exact) mass is 223 g/mol. The maximum Gasteiger partial charge on any atom is 0.408 e. The molecule has 0 fully saturated rings. The molecule has 14 heavy (non-hydrogen) atoms. The maximum atomic E-state index is 11.1. The molecular formula is C8H18ClN3O2. The molecule has 5 N–H and O–H groups in total. The highest BCUT2D eigenvalue weighted by Crippen LogP contribution is 2.06. The smallest absolute Gasteiger partial charge is 0.408 e. The van der Waals surface area contributed by atoms with Gasteiger partial charge >= 0.3 is 6.09 Å². The average molecular weight is 224 g/mol. The molecule has 0 saturated carbocycles. The van der Waals surface area contributed by atoms with Crippen LogP contribution in [0.4, 0.5) is 4.79 Å². The summed E-state index contributed by atoms with van der Waals surface area (Å²) in [6.45, 7) is 7.03. The van der Waals surface area contributed by atoms with Crippen molar-refractivity contribution in [1.29, 1.82) is 0 Å². The van der Waals surface area contributed by atoms with E-state index >= 15 is 0 Å². The van der Waals surface area contributed by atoms with Gasteiger partial charge in [-0.05, 0) is 27.7 Å². The second-order valence-corrected chi connectivity index (χ2v) is 3.87. The van der Waals surface area contributed by atoms with Gasteiger partial charge in [-0.2, -0.15) is 0 Å². The predicted molar refractivity (Wildman–Crippen MR) is 50.0 cm³/mol. The van der Waals surface area contributed by atoms with Gasteiger partial charge in [-0.15, -0.1) is 0 Å². The fourth-order valence-electron chi connectivity index (χ4n) is 0.568. The number of rotatable bonds is 2. The number of alkyl carbamates (subject to hydrolysis) is 1. The van der Waals surface area contributed by atoms with Gasteiger partial charge in [0.25, 0.3) is 5.84 Å². The summed E-state index contributed by atoms with van der Waals surface area (Å²) in [5, 5.41) is 7.76. The van der Waals surface area contributed by atoms with E-state index in [2.05, 4.69) is 5.32 Å². The molecule has 6 heteroatoms. The molecular weight excluding hydrogens is 206 g/mol. The molecule has 1 amide bonds. The highest BCUT2D eigenvalue weighted by molar-refractivity contribution is 5.83. The van der Waals surface area contributed by atoms with Crippen LogP contribution in [0.15, 0.2) is 0 Å². The first-order valence-corrected chi connectivity index (χ1v) is 4.09. The summed E-state index contributed by atoms with van der Waals surface area (Å²) in [6, 6.07) is -0.380. The normalized spacial score (nSPS) is 12.3. The van der Waals surface area contributed by atoms with Crippen LogP contribution in [0.3, 0.4) is 0 Å². The van der Waals surface area contributed by atoms with Crippen LogP contribution >= 0.6 is 0 Å². The zero-order valence-corrected chi connectivity index (χ0v) is 9.68. The van der Waals surface area contributed by atoms with Gasteiger partial charge in [-0.1, -0.05) is 0 Å². The third-order valence-corrected chi connectivity index (χ3v) is 1.23. The third-order valence-electron chi connectivity index (χ3n) is 1.23. The number of nitrogens with two attached hydrogens (primary N) is 2. The Hall–Kier alpha value is -0.970. The first-order chi connectivity index (χ1) is 5.72. The minimum absolute atomic E-state index is 0. The lowest BCUT2D eigenvalue weighted by Gasteiger charge is -2.20. The topological polar surface area (TPSA) is 89.9 Å². The summed E-state index contributed by atoms with van der Waals surface area (Å²) < 4.78 is 4.98. The second-order valence-electron chi connectivity index (χ2n) is 3.87. The summed E-state index contributed by atoms with van der Waals surface area (Å²) in [5.74, 6) is 0.158. The van der Waals surface area contributed by atoms with Crippen LogP contribution < -0.4 is 28.9 Å². The number of carbonyl (C=O) groups is 1. The SMILES string of the molecule is CC(NC(=O)OC(C)(C)C)C(N)=[NH2+].[Cl-]. The average Bonchev–Trinajstić information content (AvgIpc) is 1.81. The van der Waals surface area contributed by atoms with Crippen molar-refractivity contribution in [3.63, 3.8) is 0 Å². The Morgan fingerprint density at radius 1 is 1.50 bits per heavy atom. The lowest BCUT2D eigenvalue weighted by molar-refractivity contribution is -0.119. The van der Waals surface area contributed by atoms with Crippen LogP contribution in [0.25, 0.3) is 0 Å². The molecule has 0 spiro atoms. The third kappa shape index (κ3) is 7.67. The second kappa shape index (κ2) is 5.70. The first kappa shape index (κ1) is 15.5. The number of amidine groups is 1. The molecule has 0 aromatic heterocycles. The van der Waals surface area contributed by atoms with Crippen LogP contribution in [-0.2, 0) is 4.74 Å². The molecule has 1 atom stereocenters. The molecule has 0 radical (unpaired) electrons. The number of halogens is 1. The number of hydrogen-bond acceptors (Lipinski definition) is 2. The summed E-state index contributed by atoms with van der Waals surface area (Å²) in [4.78, 5) is 11.1. The van der Waals surface area contributed by atoms with Gasteiger partial charge in [-0.3, -0.25) is 11.1 Å². The van der Waals surface area contributed by atoms with Crippen molar-refractivity contribution >= 4 is 11.9 Å². The number of hydrogen-bond donors (Lipinski definition) is 3. The van der Waals surface area contributed by atoms with E-state index in [0.29, 0.717) is 0 Å². The van der Waals surface area contributed by atoms with Gasteiger partial charge in [0.1, 0.15) is 11.6 Å². The predicted octanol–water partition coefficient (Wildman–Crippen LogP) is -3.98. The zero-order chi connectivity index (χ0) is 10.6. The van der Waals surface area contributed by atoms with Crippen molar-refractivity contribution in [1.82, 2.24) is 5.32 Å². The Bertz CT molecular complexity index is 213. The fraction of sp³-hybridized carbons (Fsp3) is 0.750. The van der Waals surface area contributed by atoms with Gasteiger partial charge in [0.2, 0.25) is 0 Å². The molecule has 0 aromatic rings. The van der Waals surface area contributed by atoms with E-state index in [1.165, 1.54) is 0 Å². The van der Waals surface area contributed by atoms with Crippen molar-refractivity contribution in [2.75, 3.05) is 0 Å². The molecule has 5 nitrogen and oxygen atoms in total. The molecule has 0 aliphatic carbocycles. The Labute approximate surface area is 90.3 Å². The van der Waals surface area contributed by atoms with Gasteiger partial charge in [-0.25, -0.2) is 4.79 Å². The molecule has 0 heterocycles. The van der Waals surface area contributed by atoms with Crippen LogP contribution in [0, 0.1) is 0 Å². The lowest BCUT2D eigenvalue weighted by atomic mass is 10.2. The zero-order valence-electron chi connectivity index (χ0n) is 8.93. The Morgan fingerprint density at radius 3 is 2.21 bits per heavy atom. The maximum absolute atomic E-state index is 11.1. The van der Waals surface area contributed by atoms with E-state index in [4.69, 9.17) is 15.9 Å². The van der Waals surface area contributed by atoms with Gasteiger partial charge in [0.15, 0.2) is 0 Å². The molecule has 0 aliphatic rings. The van der Waals surface area contributed by atoms with Gasteiger partial charge in [0, 0.05) is 0 Å². The van der Waals surface area contributed by atoms with E-state index in [1.54, 1.807) is 27.7 Å². The van der Waals surface area contributed by atoms with Crippen molar-refractivity contribution in [2.24, 2.45) is 5.73 Å². The van der Waals surface area contributed by atoms with Gasteiger partial charge < -0.3 is 22.5 Å². The van der Waals surface area contributed by atoms with E-state index in [-0.39, 0.29) is 24.3 Å². The van der Waals surface area contributed by atoms with Crippen molar-refractivity contribution in [3.8, 4) is 0 Å². The van der Waals surface area contributed by atoms with Crippen LogP contribution in [0.1, 0.15) is 27.7 Å². The summed E-state index contributed by atoms with van der Waals surface area (Å²) in [7, 11) is 0. The van der Waals surface area contributed by atoms with Crippen LogP contribution in [0.5, 0.6) is 0 Å². The van der Waals surface area contributed by atoms with Crippen LogP contribution in [0.2, 0.25) is 0 Å². The minimum atomic E-state index is -0.520. The number of amides is 1. The van der Waals surface area contributed by atoms with Gasteiger partial charge in [0.05, 0.1) is 0 Å². The summed E-state index contributed by atoms with van der Waals surface area (Å²) >= 11 is 0. The van der Waals surface area contributed by atoms with Crippen molar-refractivity contribution in [3.05, 3.63) is 0 Å². The van der Waals surface area contributed by atoms with E-state index in [1.807, 2.05) is 0 Å². The van der Waals surface area contributed by atoms with E-state index in [0.717, 1.165) is 0 Å². The Morgan fingerprint density at radius 2 is 1.93 bits per heavy atom.